The van der Waals surface area contributed by atoms with Crippen LogP contribution in [0.15, 0.2) is 0 Å². The summed E-state index contributed by atoms with van der Waals surface area (Å²) in [7, 11) is 0. The molecule has 0 saturated carbocycles. The van der Waals surface area contributed by atoms with E-state index in [4.69, 9.17) is 0 Å². The van der Waals surface area contributed by atoms with Crippen molar-refractivity contribution in [3.05, 3.63) is 0 Å². The molecule has 0 aromatic heterocycles. The lowest BCUT2D eigenvalue weighted by Crippen LogP contribution is -2.49. The Hall–Kier alpha value is -0.0800. The van der Waals surface area contributed by atoms with Gasteiger partial charge >= 0.3 is 0 Å². The number of likely N-dealkylation sites (tertiary alicyclic amines) is 1. The Kier molecular flexibility index (Phi) is 6.32. The third kappa shape index (κ3) is 5.07. The van der Waals surface area contributed by atoms with Crippen LogP contribution in [0.4, 0.5) is 0 Å². The van der Waals surface area contributed by atoms with Gasteiger partial charge in [-0.05, 0) is 64.8 Å². The Bertz CT molecular complexity index is 250. The molecule has 0 aromatic rings. The lowest BCUT2D eigenvalue weighted by atomic mass is 9.80. The first-order valence-electron chi connectivity index (χ1n) is 8.35. The minimum atomic E-state index is 0.227. The van der Waals surface area contributed by atoms with Gasteiger partial charge in [0.05, 0.1) is 0 Å². The Morgan fingerprint density at radius 2 is 1.74 bits per heavy atom. The summed E-state index contributed by atoms with van der Waals surface area (Å²) in [5.41, 5.74) is 0.676. The first-order valence-corrected chi connectivity index (χ1v) is 8.35. The van der Waals surface area contributed by atoms with Crippen molar-refractivity contribution in [2.45, 2.75) is 85.2 Å². The maximum absolute atomic E-state index is 3.74. The van der Waals surface area contributed by atoms with Gasteiger partial charge in [-0.1, -0.05) is 20.8 Å². The fourth-order valence-electron chi connectivity index (χ4n) is 3.23. The Morgan fingerprint density at radius 1 is 1.11 bits per heavy atom. The predicted octanol–water partition coefficient (Wildman–Crippen LogP) is 4.06. The van der Waals surface area contributed by atoms with Crippen molar-refractivity contribution in [1.82, 2.24) is 10.2 Å². The molecule has 1 saturated heterocycles. The van der Waals surface area contributed by atoms with Crippen molar-refractivity contribution in [1.29, 1.82) is 0 Å². The van der Waals surface area contributed by atoms with Crippen LogP contribution >= 0.6 is 0 Å². The molecular formula is C17H36N2. The standard InChI is InChI=1S/C17H36N2/c1-7-15-11-10-12-19(15)14-17(8-2,9-3)13-18-16(4,5)6/h15,18H,7-14H2,1-6H3. The van der Waals surface area contributed by atoms with Crippen molar-refractivity contribution >= 4 is 0 Å². The van der Waals surface area contributed by atoms with Crippen LogP contribution in [0.1, 0.15) is 73.6 Å². The van der Waals surface area contributed by atoms with Crippen LogP contribution < -0.4 is 5.32 Å². The lowest BCUT2D eigenvalue weighted by molar-refractivity contribution is 0.115. The number of rotatable bonds is 7. The van der Waals surface area contributed by atoms with Crippen LogP contribution in [0.2, 0.25) is 0 Å². The summed E-state index contributed by atoms with van der Waals surface area (Å²) in [5, 5.41) is 3.74. The maximum atomic E-state index is 3.74. The highest BCUT2D eigenvalue weighted by molar-refractivity contribution is 4.89. The van der Waals surface area contributed by atoms with E-state index < -0.39 is 0 Å². The van der Waals surface area contributed by atoms with Crippen LogP contribution in [-0.4, -0.2) is 36.1 Å². The van der Waals surface area contributed by atoms with E-state index in [1.54, 1.807) is 0 Å². The fraction of sp³-hybridized carbons (Fsp3) is 1.00. The SMILES string of the molecule is CCC1CCCN1CC(CC)(CC)CNC(C)(C)C. The Balaban J connectivity index is 2.64. The largest absolute Gasteiger partial charge is 0.311 e. The monoisotopic (exact) mass is 268 g/mol. The van der Waals surface area contributed by atoms with E-state index >= 15 is 0 Å². The summed E-state index contributed by atoms with van der Waals surface area (Å²) in [5.74, 6) is 0. The summed E-state index contributed by atoms with van der Waals surface area (Å²) < 4.78 is 0. The molecule has 0 amide bonds. The zero-order valence-corrected chi connectivity index (χ0v) is 14.2. The summed E-state index contributed by atoms with van der Waals surface area (Å²) in [6.45, 7) is 17.6. The van der Waals surface area contributed by atoms with Crippen molar-refractivity contribution in [2.24, 2.45) is 5.41 Å². The predicted molar refractivity (Wildman–Crippen MR) is 85.7 cm³/mol. The summed E-state index contributed by atoms with van der Waals surface area (Å²) >= 11 is 0. The van der Waals surface area contributed by atoms with Crippen LogP contribution in [0.25, 0.3) is 0 Å². The molecule has 114 valence electrons. The molecule has 0 bridgehead atoms. The number of nitrogens with one attached hydrogen (secondary N) is 1. The second-order valence-electron chi connectivity index (χ2n) is 7.49. The van der Waals surface area contributed by atoms with Crippen LogP contribution in [-0.2, 0) is 0 Å². The molecule has 1 unspecified atom stereocenters. The van der Waals surface area contributed by atoms with E-state index in [9.17, 15) is 0 Å². The van der Waals surface area contributed by atoms with Crippen molar-refractivity contribution in [3.8, 4) is 0 Å². The highest BCUT2D eigenvalue weighted by atomic mass is 15.2. The van der Waals surface area contributed by atoms with E-state index in [1.807, 2.05) is 0 Å². The molecule has 1 fully saturated rings. The second kappa shape index (κ2) is 7.08. The maximum Gasteiger partial charge on any atom is 0.00967 e. The van der Waals surface area contributed by atoms with Gasteiger partial charge in [-0.15, -0.1) is 0 Å². The van der Waals surface area contributed by atoms with Gasteiger partial charge in [-0.2, -0.15) is 0 Å². The minimum Gasteiger partial charge on any atom is -0.311 e. The van der Waals surface area contributed by atoms with E-state index in [2.05, 4.69) is 51.8 Å². The second-order valence-corrected chi connectivity index (χ2v) is 7.49. The Labute approximate surface area is 121 Å². The van der Waals surface area contributed by atoms with Crippen LogP contribution in [0.3, 0.4) is 0 Å². The molecule has 0 aromatic carbocycles. The van der Waals surface area contributed by atoms with Gasteiger partial charge in [0.1, 0.15) is 0 Å². The number of nitrogens with zero attached hydrogens (tertiary/aromatic N) is 1. The van der Waals surface area contributed by atoms with Gasteiger partial charge in [0, 0.05) is 24.7 Å². The first-order chi connectivity index (χ1) is 8.86. The van der Waals surface area contributed by atoms with Gasteiger partial charge < -0.3 is 5.32 Å². The normalized spacial score (nSPS) is 22.1. The third-order valence-corrected chi connectivity index (χ3v) is 5.00. The Morgan fingerprint density at radius 3 is 2.21 bits per heavy atom. The van der Waals surface area contributed by atoms with Crippen molar-refractivity contribution < 1.29 is 0 Å². The first kappa shape index (κ1) is 17.0. The summed E-state index contributed by atoms with van der Waals surface area (Å²) in [6, 6.07) is 0.840. The van der Waals surface area contributed by atoms with Gasteiger partial charge in [0.15, 0.2) is 0 Å². The summed E-state index contributed by atoms with van der Waals surface area (Å²) in [6.07, 6.45) is 6.68. The van der Waals surface area contributed by atoms with E-state index in [1.165, 1.54) is 45.2 Å². The molecule has 1 aliphatic heterocycles. The zero-order valence-electron chi connectivity index (χ0n) is 14.2. The average Bonchev–Trinajstić information content (AvgIpc) is 2.80. The molecule has 0 aliphatic carbocycles. The molecule has 2 nitrogen and oxygen atoms in total. The van der Waals surface area contributed by atoms with Crippen molar-refractivity contribution in [3.63, 3.8) is 0 Å². The highest BCUT2D eigenvalue weighted by Gasteiger charge is 2.33. The zero-order chi connectivity index (χ0) is 14.5. The average molecular weight is 268 g/mol. The van der Waals surface area contributed by atoms with E-state index in [0.29, 0.717) is 5.41 Å². The van der Waals surface area contributed by atoms with Gasteiger partial charge in [-0.3, -0.25) is 4.90 Å². The van der Waals surface area contributed by atoms with Crippen LogP contribution in [0, 0.1) is 5.41 Å². The molecule has 1 rings (SSSR count). The number of hydrogen-bond acceptors (Lipinski definition) is 2. The summed E-state index contributed by atoms with van der Waals surface area (Å²) in [4.78, 5) is 2.76. The van der Waals surface area contributed by atoms with E-state index in [0.717, 1.165) is 12.6 Å². The van der Waals surface area contributed by atoms with Gasteiger partial charge in [0.25, 0.3) is 0 Å². The molecule has 1 atom stereocenters. The van der Waals surface area contributed by atoms with Crippen LogP contribution in [0.5, 0.6) is 0 Å². The molecule has 0 spiro atoms. The fourth-order valence-corrected chi connectivity index (χ4v) is 3.23. The molecule has 0 radical (unpaired) electrons. The minimum absolute atomic E-state index is 0.227. The van der Waals surface area contributed by atoms with Gasteiger partial charge in [0.2, 0.25) is 0 Å². The van der Waals surface area contributed by atoms with Gasteiger partial charge in [-0.25, -0.2) is 0 Å². The smallest absolute Gasteiger partial charge is 0.00967 e. The molecule has 1 aliphatic rings. The molecule has 19 heavy (non-hydrogen) atoms. The molecule has 2 heteroatoms. The topological polar surface area (TPSA) is 15.3 Å². The highest BCUT2D eigenvalue weighted by Crippen LogP contribution is 2.31. The van der Waals surface area contributed by atoms with E-state index in [-0.39, 0.29) is 5.54 Å². The molecular weight excluding hydrogens is 232 g/mol. The molecule has 1 N–H and O–H groups in total. The lowest BCUT2D eigenvalue weighted by Gasteiger charge is -2.40. The molecule has 1 heterocycles. The van der Waals surface area contributed by atoms with Crippen molar-refractivity contribution in [2.75, 3.05) is 19.6 Å². The quantitative estimate of drug-likeness (QED) is 0.749. The third-order valence-electron chi connectivity index (χ3n) is 5.00. The number of hydrogen-bond donors (Lipinski definition) is 1.